The van der Waals surface area contributed by atoms with Crippen molar-refractivity contribution in [2.75, 3.05) is 0 Å². The van der Waals surface area contributed by atoms with Gasteiger partial charge < -0.3 is 5.11 Å². The number of rotatable bonds is 0. The third-order valence-corrected chi connectivity index (χ3v) is 0.748. The highest BCUT2D eigenvalue weighted by Crippen LogP contribution is 2.09. The van der Waals surface area contributed by atoms with Crippen LogP contribution < -0.4 is 0 Å². The summed E-state index contributed by atoms with van der Waals surface area (Å²) in [4.78, 5) is 3.46. The lowest BCUT2D eigenvalue weighted by Crippen LogP contribution is -1.74. The van der Waals surface area contributed by atoms with Crippen LogP contribution in [0.3, 0.4) is 0 Å². The molecule has 1 aromatic rings. The summed E-state index contributed by atoms with van der Waals surface area (Å²) in [5.74, 6) is -1.05. The smallest absolute Gasteiger partial charge is 0.169 e. The van der Waals surface area contributed by atoms with Gasteiger partial charge >= 0.3 is 0 Å². The molecule has 9 heavy (non-hydrogen) atoms. The van der Waals surface area contributed by atoms with E-state index in [9.17, 15) is 4.39 Å². The SMILES string of the molecule is Cl.Oc1cnccc1F. The fourth-order valence-corrected chi connectivity index (χ4v) is 0.369. The Morgan fingerprint density at radius 1 is 1.56 bits per heavy atom. The molecule has 0 aliphatic carbocycles. The number of pyridine rings is 1. The van der Waals surface area contributed by atoms with Crippen molar-refractivity contribution in [3.8, 4) is 5.75 Å². The second-order valence-electron chi connectivity index (χ2n) is 1.33. The van der Waals surface area contributed by atoms with Crippen LogP contribution in [0, 0.1) is 5.82 Å². The molecule has 0 aliphatic heterocycles. The zero-order valence-electron chi connectivity index (χ0n) is 4.41. The second kappa shape index (κ2) is 3.25. The Kier molecular flexibility index (Phi) is 2.95. The minimum Gasteiger partial charge on any atom is -0.504 e. The molecule has 50 valence electrons. The first kappa shape index (κ1) is 8.17. The molecule has 2 nitrogen and oxygen atoms in total. The first-order valence-corrected chi connectivity index (χ1v) is 2.09. The van der Waals surface area contributed by atoms with Crippen molar-refractivity contribution in [2.24, 2.45) is 0 Å². The van der Waals surface area contributed by atoms with Gasteiger partial charge in [-0.05, 0) is 6.07 Å². The summed E-state index contributed by atoms with van der Waals surface area (Å²) >= 11 is 0. The molecule has 0 aliphatic rings. The first-order chi connectivity index (χ1) is 3.80. The van der Waals surface area contributed by atoms with E-state index in [4.69, 9.17) is 5.11 Å². The van der Waals surface area contributed by atoms with Crippen LogP contribution in [-0.4, -0.2) is 10.1 Å². The number of hydrogen-bond donors (Lipinski definition) is 1. The van der Waals surface area contributed by atoms with Crippen molar-refractivity contribution in [1.29, 1.82) is 0 Å². The minimum absolute atomic E-state index is 0. The van der Waals surface area contributed by atoms with E-state index >= 15 is 0 Å². The van der Waals surface area contributed by atoms with Gasteiger partial charge in [0.25, 0.3) is 0 Å². The summed E-state index contributed by atoms with van der Waals surface area (Å²) in [7, 11) is 0. The number of aromatic nitrogens is 1. The standard InChI is InChI=1S/C5H4FNO.ClH/c6-4-1-2-7-3-5(4)8;/h1-3,8H;1H. The first-order valence-electron chi connectivity index (χ1n) is 2.09. The molecule has 0 fully saturated rings. The van der Waals surface area contributed by atoms with Crippen molar-refractivity contribution in [2.45, 2.75) is 0 Å². The van der Waals surface area contributed by atoms with Gasteiger partial charge in [0.15, 0.2) is 11.6 Å². The topological polar surface area (TPSA) is 33.1 Å². The summed E-state index contributed by atoms with van der Waals surface area (Å²) in [6.45, 7) is 0. The van der Waals surface area contributed by atoms with Crippen molar-refractivity contribution in [3.63, 3.8) is 0 Å². The zero-order valence-corrected chi connectivity index (χ0v) is 5.23. The summed E-state index contributed by atoms with van der Waals surface area (Å²) in [5.41, 5.74) is 0. The van der Waals surface area contributed by atoms with E-state index in [1.807, 2.05) is 0 Å². The van der Waals surface area contributed by atoms with Gasteiger partial charge in [-0.3, -0.25) is 4.98 Å². The Hall–Kier alpha value is -0.830. The van der Waals surface area contributed by atoms with Gasteiger partial charge in [-0.25, -0.2) is 4.39 Å². The normalized spacial score (nSPS) is 8.11. The number of halogens is 2. The lowest BCUT2D eigenvalue weighted by Gasteiger charge is -1.87. The minimum atomic E-state index is -0.639. The molecule has 1 aromatic heterocycles. The van der Waals surface area contributed by atoms with E-state index in [0.717, 1.165) is 12.3 Å². The number of nitrogens with zero attached hydrogens (tertiary/aromatic N) is 1. The maximum Gasteiger partial charge on any atom is 0.169 e. The Labute approximate surface area is 57.8 Å². The molecule has 0 amide bonds. The highest BCUT2D eigenvalue weighted by molar-refractivity contribution is 5.85. The van der Waals surface area contributed by atoms with E-state index in [-0.39, 0.29) is 12.4 Å². The number of aromatic hydroxyl groups is 1. The average molecular weight is 150 g/mol. The fourth-order valence-electron chi connectivity index (χ4n) is 0.369. The molecular weight excluding hydrogens is 145 g/mol. The molecule has 1 N–H and O–H groups in total. The Morgan fingerprint density at radius 2 is 2.22 bits per heavy atom. The predicted octanol–water partition coefficient (Wildman–Crippen LogP) is 1.35. The van der Waals surface area contributed by atoms with Crippen molar-refractivity contribution >= 4 is 12.4 Å². The average Bonchev–Trinajstić information content (AvgIpc) is 1.77. The van der Waals surface area contributed by atoms with Crippen molar-refractivity contribution in [3.05, 3.63) is 24.3 Å². The maximum atomic E-state index is 12.0. The molecule has 0 spiro atoms. The van der Waals surface area contributed by atoms with Gasteiger partial charge in [0.05, 0.1) is 6.20 Å². The van der Waals surface area contributed by atoms with Crippen LogP contribution in [0.25, 0.3) is 0 Å². The number of hydrogen-bond acceptors (Lipinski definition) is 2. The predicted molar refractivity (Wildman–Crippen MR) is 33.1 cm³/mol. The van der Waals surface area contributed by atoms with Gasteiger partial charge in [0, 0.05) is 6.20 Å². The molecule has 0 saturated carbocycles. The van der Waals surface area contributed by atoms with Crippen LogP contribution >= 0.6 is 12.4 Å². The lowest BCUT2D eigenvalue weighted by atomic mass is 10.4. The van der Waals surface area contributed by atoms with Gasteiger partial charge in [0.2, 0.25) is 0 Å². The Bertz CT molecular complexity index is 173. The third-order valence-electron chi connectivity index (χ3n) is 0.748. The molecule has 0 atom stereocenters. The summed E-state index contributed by atoms with van der Waals surface area (Å²) in [5, 5.41) is 8.48. The molecule has 1 rings (SSSR count). The zero-order chi connectivity index (χ0) is 5.98. The van der Waals surface area contributed by atoms with Crippen molar-refractivity contribution < 1.29 is 9.50 Å². The molecular formula is C5H5ClFNO. The van der Waals surface area contributed by atoms with Crippen molar-refractivity contribution in [1.82, 2.24) is 4.98 Å². The molecule has 4 heteroatoms. The molecule has 0 saturated heterocycles. The molecule has 1 heterocycles. The lowest BCUT2D eigenvalue weighted by molar-refractivity contribution is 0.429. The van der Waals surface area contributed by atoms with Gasteiger partial charge in [-0.2, -0.15) is 0 Å². The highest BCUT2D eigenvalue weighted by atomic mass is 35.5. The Balaban J connectivity index is 0.000000640. The van der Waals surface area contributed by atoms with Crippen LogP contribution in [0.15, 0.2) is 18.5 Å². The largest absolute Gasteiger partial charge is 0.504 e. The summed E-state index contributed by atoms with van der Waals surface area (Å²) in [6, 6.07) is 1.09. The molecule has 0 unspecified atom stereocenters. The van der Waals surface area contributed by atoms with Crippen LogP contribution in [0.4, 0.5) is 4.39 Å². The monoisotopic (exact) mass is 149 g/mol. The summed E-state index contributed by atoms with van der Waals surface area (Å²) < 4.78 is 12.0. The fraction of sp³-hybridized carbons (Fsp3) is 0. The second-order valence-corrected chi connectivity index (χ2v) is 1.33. The molecule has 0 radical (unpaired) electrons. The maximum absolute atomic E-state index is 12.0. The van der Waals surface area contributed by atoms with Crippen LogP contribution in [0.1, 0.15) is 0 Å². The van der Waals surface area contributed by atoms with E-state index in [1.54, 1.807) is 0 Å². The van der Waals surface area contributed by atoms with Gasteiger partial charge in [-0.15, -0.1) is 12.4 Å². The van der Waals surface area contributed by atoms with Crippen LogP contribution in [0.5, 0.6) is 5.75 Å². The van der Waals surface area contributed by atoms with E-state index in [2.05, 4.69) is 4.98 Å². The van der Waals surface area contributed by atoms with Crippen LogP contribution in [0.2, 0.25) is 0 Å². The highest BCUT2D eigenvalue weighted by Gasteiger charge is 1.93. The van der Waals surface area contributed by atoms with Crippen LogP contribution in [-0.2, 0) is 0 Å². The molecule has 0 bridgehead atoms. The third kappa shape index (κ3) is 1.85. The molecule has 0 aromatic carbocycles. The summed E-state index contributed by atoms with van der Waals surface area (Å²) in [6.07, 6.45) is 2.32. The van der Waals surface area contributed by atoms with E-state index < -0.39 is 11.6 Å². The van der Waals surface area contributed by atoms with Gasteiger partial charge in [0.1, 0.15) is 0 Å². The van der Waals surface area contributed by atoms with E-state index in [0.29, 0.717) is 0 Å². The van der Waals surface area contributed by atoms with E-state index in [1.165, 1.54) is 6.20 Å². The van der Waals surface area contributed by atoms with Gasteiger partial charge in [-0.1, -0.05) is 0 Å². The quantitative estimate of drug-likeness (QED) is 0.604. The Morgan fingerprint density at radius 3 is 2.56 bits per heavy atom.